The summed E-state index contributed by atoms with van der Waals surface area (Å²) in [6, 6.07) is 7.44. The van der Waals surface area contributed by atoms with E-state index < -0.39 is 10.0 Å². The van der Waals surface area contributed by atoms with Crippen molar-refractivity contribution in [2.45, 2.75) is 24.2 Å². The van der Waals surface area contributed by atoms with Crippen LogP contribution < -0.4 is 5.73 Å². The summed E-state index contributed by atoms with van der Waals surface area (Å²) in [5.41, 5.74) is 5.84. The second-order valence-corrected chi connectivity index (χ2v) is 7.42. The van der Waals surface area contributed by atoms with Crippen LogP contribution in [0.4, 0.5) is 5.82 Å². The molecule has 0 saturated carbocycles. The molecule has 1 aliphatic heterocycles. The first-order valence-electron chi connectivity index (χ1n) is 7.44. The lowest BCUT2D eigenvalue weighted by molar-refractivity contribution is 0.0945. The maximum absolute atomic E-state index is 12.5. The molecule has 0 amide bonds. The first kappa shape index (κ1) is 15.7. The Morgan fingerprint density at radius 3 is 2.26 bits per heavy atom. The van der Waals surface area contributed by atoms with Crippen molar-refractivity contribution in [1.29, 1.82) is 0 Å². The molecule has 0 aliphatic carbocycles. The van der Waals surface area contributed by atoms with Crippen molar-refractivity contribution in [3.63, 3.8) is 0 Å². The van der Waals surface area contributed by atoms with Gasteiger partial charge in [-0.15, -0.1) is 5.10 Å². The van der Waals surface area contributed by atoms with Gasteiger partial charge in [0.15, 0.2) is 0 Å². The summed E-state index contributed by atoms with van der Waals surface area (Å²) < 4.78 is 27.7. The number of hydrogen-bond donors (Lipinski definition) is 1. The van der Waals surface area contributed by atoms with Crippen LogP contribution in [-0.2, 0) is 10.0 Å². The van der Waals surface area contributed by atoms with E-state index in [0.717, 1.165) is 23.9 Å². The molecule has 2 N–H and O–H groups in total. The van der Waals surface area contributed by atoms with Gasteiger partial charge in [-0.3, -0.25) is 4.79 Å². The van der Waals surface area contributed by atoms with Crippen molar-refractivity contribution in [3.05, 3.63) is 42.1 Å². The van der Waals surface area contributed by atoms with Crippen LogP contribution in [0.5, 0.6) is 0 Å². The van der Waals surface area contributed by atoms with Crippen LogP contribution in [0.2, 0.25) is 0 Å². The minimum Gasteiger partial charge on any atom is -0.382 e. The number of rotatable bonds is 3. The lowest BCUT2D eigenvalue weighted by Crippen LogP contribution is -2.35. The minimum atomic E-state index is -3.49. The number of carbonyl (C=O) groups excluding carboxylic acids is 1. The van der Waals surface area contributed by atoms with Crippen molar-refractivity contribution in [3.8, 4) is 0 Å². The first-order chi connectivity index (χ1) is 11.0. The minimum absolute atomic E-state index is 0.205. The van der Waals surface area contributed by atoms with Gasteiger partial charge in [-0.05, 0) is 37.1 Å². The van der Waals surface area contributed by atoms with Crippen LogP contribution in [-0.4, -0.2) is 41.5 Å². The standard InChI is InChI=1S/C15H18N4O3S/c16-14-8-11-19(17-14)15(20)12-4-6-13(7-5-12)23(21,22)18-9-2-1-3-10-18/h4-8,11H,1-3,9-10H2,(H2,16,17). The van der Waals surface area contributed by atoms with E-state index in [1.54, 1.807) is 0 Å². The Hall–Kier alpha value is -2.19. The summed E-state index contributed by atoms with van der Waals surface area (Å²) in [7, 11) is -3.49. The first-order valence-corrected chi connectivity index (χ1v) is 8.88. The fourth-order valence-corrected chi connectivity index (χ4v) is 4.12. The van der Waals surface area contributed by atoms with E-state index in [0.29, 0.717) is 18.7 Å². The van der Waals surface area contributed by atoms with Crippen LogP contribution in [0.15, 0.2) is 41.4 Å². The Morgan fingerprint density at radius 1 is 1.04 bits per heavy atom. The number of aromatic nitrogens is 2. The maximum atomic E-state index is 12.5. The zero-order valence-corrected chi connectivity index (χ0v) is 13.4. The molecule has 1 aromatic carbocycles. The molecule has 0 atom stereocenters. The summed E-state index contributed by atoms with van der Waals surface area (Å²) in [5, 5.41) is 3.85. The Morgan fingerprint density at radius 2 is 1.70 bits per heavy atom. The molecule has 0 radical (unpaired) electrons. The zero-order valence-electron chi connectivity index (χ0n) is 12.6. The van der Waals surface area contributed by atoms with Crippen molar-refractivity contribution < 1.29 is 13.2 Å². The number of hydrogen-bond acceptors (Lipinski definition) is 5. The molecule has 3 rings (SSSR count). The third-order valence-electron chi connectivity index (χ3n) is 3.87. The molecular weight excluding hydrogens is 316 g/mol. The highest BCUT2D eigenvalue weighted by atomic mass is 32.2. The third kappa shape index (κ3) is 3.13. The largest absolute Gasteiger partial charge is 0.382 e. The average molecular weight is 334 g/mol. The highest BCUT2D eigenvalue weighted by molar-refractivity contribution is 7.89. The van der Waals surface area contributed by atoms with Gasteiger partial charge < -0.3 is 5.73 Å². The summed E-state index contributed by atoms with van der Waals surface area (Å²) in [5.74, 6) is -0.105. The number of carbonyl (C=O) groups is 1. The number of nitrogens with zero attached hydrogens (tertiary/aromatic N) is 3. The van der Waals surface area contributed by atoms with Crippen molar-refractivity contribution in [2.75, 3.05) is 18.8 Å². The third-order valence-corrected chi connectivity index (χ3v) is 5.78. The smallest absolute Gasteiger partial charge is 0.278 e. The molecule has 23 heavy (non-hydrogen) atoms. The van der Waals surface area contributed by atoms with Gasteiger partial charge in [-0.1, -0.05) is 6.42 Å². The molecule has 7 nitrogen and oxygen atoms in total. The fourth-order valence-electron chi connectivity index (χ4n) is 2.61. The lowest BCUT2D eigenvalue weighted by atomic mass is 10.2. The average Bonchev–Trinajstić information content (AvgIpc) is 3.01. The van der Waals surface area contributed by atoms with Gasteiger partial charge in [0.2, 0.25) is 10.0 Å². The van der Waals surface area contributed by atoms with Crippen molar-refractivity contribution in [2.24, 2.45) is 0 Å². The van der Waals surface area contributed by atoms with Gasteiger partial charge in [0.25, 0.3) is 5.91 Å². The molecule has 0 bridgehead atoms. The van der Waals surface area contributed by atoms with E-state index in [1.165, 1.54) is 40.8 Å². The second-order valence-electron chi connectivity index (χ2n) is 5.48. The van der Waals surface area contributed by atoms with Crippen LogP contribution >= 0.6 is 0 Å². The molecule has 1 aliphatic rings. The van der Waals surface area contributed by atoms with Gasteiger partial charge in [-0.2, -0.15) is 4.31 Å². The Labute approximate surface area is 134 Å². The molecule has 0 spiro atoms. The number of anilines is 1. The van der Waals surface area contributed by atoms with Gasteiger partial charge in [0.1, 0.15) is 5.82 Å². The van der Waals surface area contributed by atoms with E-state index >= 15 is 0 Å². The maximum Gasteiger partial charge on any atom is 0.278 e. The van der Waals surface area contributed by atoms with E-state index in [2.05, 4.69) is 5.10 Å². The summed E-state index contributed by atoms with van der Waals surface area (Å²) >= 11 is 0. The van der Waals surface area contributed by atoms with E-state index in [1.807, 2.05) is 0 Å². The molecule has 8 heteroatoms. The summed E-state index contributed by atoms with van der Waals surface area (Å²) in [4.78, 5) is 12.4. The predicted octanol–water partition coefficient (Wildman–Crippen LogP) is 1.33. The monoisotopic (exact) mass is 334 g/mol. The Balaban J connectivity index is 1.83. The molecular formula is C15H18N4O3S. The normalized spacial score (nSPS) is 16.3. The van der Waals surface area contributed by atoms with Gasteiger partial charge in [0.05, 0.1) is 4.90 Å². The van der Waals surface area contributed by atoms with Crippen LogP contribution in [0, 0.1) is 0 Å². The lowest BCUT2D eigenvalue weighted by Gasteiger charge is -2.25. The van der Waals surface area contributed by atoms with Gasteiger partial charge >= 0.3 is 0 Å². The zero-order chi connectivity index (χ0) is 16.4. The highest BCUT2D eigenvalue weighted by Crippen LogP contribution is 2.21. The molecule has 2 heterocycles. The van der Waals surface area contributed by atoms with E-state index in [9.17, 15) is 13.2 Å². The Kier molecular flexibility index (Phi) is 4.18. The second kappa shape index (κ2) is 6.13. The van der Waals surface area contributed by atoms with Crippen molar-refractivity contribution in [1.82, 2.24) is 14.1 Å². The Bertz CT molecular complexity index is 806. The SMILES string of the molecule is Nc1ccn(C(=O)c2ccc(S(=O)(=O)N3CCCCC3)cc2)n1. The number of nitrogen functional groups attached to an aromatic ring is 1. The van der Waals surface area contributed by atoms with Gasteiger partial charge in [-0.25, -0.2) is 13.1 Å². The van der Waals surface area contributed by atoms with Crippen molar-refractivity contribution >= 4 is 21.7 Å². The molecule has 1 aromatic heterocycles. The molecule has 1 fully saturated rings. The number of sulfonamides is 1. The summed E-state index contributed by atoms with van der Waals surface area (Å²) in [6.45, 7) is 1.10. The van der Waals surface area contributed by atoms with E-state index in [4.69, 9.17) is 5.73 Å². The fraction of sp³-hybridized carbons (Fsp3) is 0.333. The molecule has 2 aromatic rings. The number of benzene rings is 1. The highest BCUT2D eigenvalue weighted by Gasteiger charge is 2.26. The number of piperidine rings is 1. The number of nitrogens with two attached hydrogens (primary N) is 1. The van der Waals surface area contributed by atoms with E-state index in [-0.39, 0.29) is 16.6 Å². The van der Waals surface area contributed by atoms with Crippen LogP contribution in [0.1, 0.15) is 29.6 Å². The molecule has 122 valence electrons. The molecule has 0 unspecified atom stereocenters. The van der Waals surface area contributed by atoms with Gasteiger partial charge in [0, 0.05) is 30.9 Å². The quantitative estimate of drug-likeness (QED) is 0.913. The topological polar surface area (TPSA) is 98.3 Å². The summed E-state index contributed by atoms with van der Waals surface area (Å²) in [6.07, 6.45) is 4.30. The molecule has 1 saturated heterocycles. The van der Waals surface area contributed by atoms with Crippen LogP contribution in [0.3, 0.4) is 0 Å². The predicted molar refractivity (Wildman–Crippen MR) is 85.4 cm³/mol. The van der Waals surface area contributed by atoms with Crippen LogP contribution in [0.25, 0.3) is 0 Å².